The smallest absolute Gasteiger partial charge is 0.157 e. The minimum atomic E-state index is 0.105. The van der Waals surface area contributed by atoms with Crippen LogP contribution >= 0.6 is 0 Å². The van der Waals surface area contributed by atoms with Crippen molar-refractivity contribution in [3.8, 4) is 5.75 Å². The van der Waals surface area contributed by atoms with Crippen LogP contribution in [0.1, 0.15) is 0 Å². The summed E-state index contributed by atoms with van der Waals surface area (Å²) in [6.45, 7) is 0.105. The molecule has 1 aromatic carbocycles. The summed E-state index contributed by atoms with van der Waals surface area (Å²) < 4.78 is 7.32. The largest absolute Gasteiger partial charge is 0.485 e. The molecule has 0 unspecified atom stereocenters. The van der Waals surface area contributed by atoms with E-state index >= 15 is 0 Å². The molecule has 2 aromatic rings. The van der Waals surface area contributed by atoms with Crippen LogP contribution in [0.5, 0.6) is 5.75 Å². The van der Waals surface area contributed by atoms with Crippen molar-refractivity contribution in [1.82, 2.24) is 4.57 Å². The molecule has 0 fully saturated rings. The number of hydrogen-bond donors (Lipinski definition) is 0. The third kappa shape index (κ3) is 1.37. The van der Waals surface area contributed by atoms with E-state index in [1.807, 2.05) is 42.1 Å². The summed E-state index contributed by atoms with van der Waals surface area (Å²) in [7, 11) is 1.98. The van der Waals surface area contributed by atoms with Crippen LogP contribution in [-0.2, 0) is 11.8 Å². The van der Waals surface area contributed by atoms with E-state index in [0.29, 0.717) is 0 Å². The van der Waals surface area contributed by atoms with Crippen molar-refractivity contribution >= 4 is 17.2 Å². The topological polar surface area (TPSA) is 31.2 Å². The highest BCUT2D eigenvalue weighted by Crippen LogP contribution is 2.25. The summed E-state index contributed by atoms with van der Waals surface area (Å²) in [5.41, 5.74) is 1.10. The predicted octanol–water partition coefficient (Wildman–Crippen LogP) is 1.76. The monoisotopic (exact) mass is 189 g/mol. The number of carbonyl (C=O) groups is 1. The SMILES string of the molecule is Cn1ccc2c(OCC=O)cccc21. The van der Waals surface area contributed by atoms with E-state index in [4.69, 9.17) is 4.74 Å². The number of aldehydes is 1. The van der Waals surface area contributed by atoms with Crippen LogP contribution in [0, 0.1) is 0 Å². The Morgan fingerprint density at radius 3 is 3.07 bits per heavy atom. The molecule has 0 saturated heterocycles. The van der Waals surface area contributed by atoms with E-state index in [9.17, 15) is 4.79 Å². The Bertz CT molecular complexity index is 459. The Morgan fingerprint density at radius 2 is 2.29 bits per heavy atom. The Morgan fingerprint density at radius 1 is 1.43 bits per heavy atom. The van der Waals surface area contributed by atoms with Crippen molar-refractivity contribution < 1.29 is 9.53 Å². The first-order valence-electron chi connectivity index (χ1n) is 4.43. The van der Waals surface area contributed by atoms with Crippen molar-refractivity contribution in [2.24, 2.45) is 7.05 Å². The maximum Gasteiger partial charge on any atom is 0.157 e. The van der Waals surface area contributed by atoms with Crippen molar-refractivity contribution in [2.75, 3.05) is 6.61 Å². The number of fused-ring (bicyclic) bond motifs is 1. The van der Waals surface area contributed by atoms with Crippen LogP contribution in [-0.4, -0.2) is 17.5 Å². The van der Waals surface area contributed by atoms with Gasteiger partial charge < -0.3 is 9.30 Å². The van der Waals surface area contributed by atoms with Gasteiger partial charge >= 0.3 is 0 Å². The lowest BCUT2D eigenvalue weighted by Crippen LogP contribution is -1.97. The number of hydrogen-bond acceptors (Lipinski definition) is 2. The van der Waals surface area contributed by atoms with Crippen LogP contribution in [0.15, 0.2) is 30.5 Å². The Kier molecular flexibility index (Phi) is 2.23. The normalized spacial score (nSPS) is 10.4. The predicted molar refractivity (Wildman–Crippen MR) is 54.5 cm³/mol. The minimum Gasteiger partial charge on any atom is -0.485 e. The van der Waals surface area contributed by atoms with Gasteiger partial charge in [-0.3, -0.25) is 4.79 Å². The number of rotatable bonds is 3. The quantitative estimate of drug-likeness (QED) is 0.689. The molecule has 0 aliphatic carbocycles. The number of aromatic nitrogens is 1. The van der Waals surface area contributed by atoms with Crippen LogP contribution in [0.3, 0.4) is 0 Å². The van der Waals surface area contributed by atoms with Gasteiger partial charge in [-0.05, 0) is 18.2 Å². The van der Waals surface area contributed by atoms with Crippen LogP contribution in [0.2, 0.25) is 0 Å². The molecule has 1 heterocycles. The van der Waals surface area contributed by atoms with E-state index in [-0.39, 0.29) is 6.61 Å². The second-order valence-corrected chi connectivity index (χ2v) is 3.09. The molecular weight excluding hydrogens is 178 g/mol. The maximum absolute atomic E-state index is 10.2. The Hall–Kier alpha value is -1.77. The third-order valence-electron chi connectivity index (χ3n) is 2.19. The van der Waals surface area contributed by atoms with Gasteiger partial charge in [0.2, 0.25) is 0 Å². The van der Waals surface area contributed by atoms with E-state index in [2.05, 4.69) is 0 Å². The second-order valence-electron chi connectivity index (χ2n) is 3.09. The summed E-state index contributed by atoms with van der Waals surface area (Å²) in [5.74, 6) is 0.759. The maximum atomic E-state index is 10.2. The average Bonchev–Trinajstić information content (AvgIpc) is 2.58. The first kappa shape index (κ1) is 8.81. The number of benzene rings is 1. The van der Waals surface area contributed by atoms with Crippen molar-refractivity contribution in [2.45, 2.75) is 0 Å². The summed E-state index contributed by atoms with van der Waals surface area (Å²) in [4.78, 5) is 10.2. The molecule has 0 aliphatic rings. The fraction of sp³-hybridized carbons (Fsp3) is 0.182. The zero-order valence-corrected chi connectivity index (χ0v) is 7.93. The first-order chi connectivity index (χ1) is 6.83. The van der Waals surface area contributed by atoms with Gasteiger partial charge in [0, 0.05) is 18.6 Å². The average molecular weight is 189 g/mol. The first-order valence-corrected chi connectivity index (χ1v) is 4.43. The molecule has 0 saturated carbocycles. The van der Waals surface area contributed by atoms with Gasteiger partial charge in [-0.25, -0.2) is 0 Å². The van der Waals surface area contributed by atoms with Crippen LogP contribution in [0.25, 0.3) is 10.9 Å². The zero-order valence-electron chi connectivity index (χ0n) is 7.93. The van der Waals surface area contributed by atoms with E-state index < -0.39 is 0 Å². The van der Waals surface area contributed by atoms with Crippen LogP contribution < -0.4 is 4.74 Å². The van der Waals surface area contributed by atoms with E-state index in [0.717, 1.165) is 22.9 Å². The second kappa shape index (κ2) is 3.54. The van der Waals surface area contributed by atoms with Gasteiger partial charge in [0.25, 0.3) is 0 Å². The van der Waals surface area contributed by atoms with Gasteiger partial charge in [0.05, 0.1) is 5.52 Å². The minimum absolute atomic E-state index is 0.105. The summed E-state index contributed by atoms with van der Waals surface area (Å²) in [6, 6.07) is 7.78. The standard InChI is InChI=1S/C11H11NO2/c1-12-6-5-9-10(12)3-2-4-11(9)14-8-7-13/h2-7H,8H2,1H3. The summed E-state index contributed by atoms with van der Waals surface area (Å²) in [6.07, 6.45) is 2.72. The van der Waals surface area contributed by atoms with Crippen molar-refractivity contribution in [3.05, 3.63) is 30.5 Å². The molecule has 0 atom stereocenters. The van der Waals surface area contributed by atoms with Crippen LogP contribution in [0.4, 0.5) is 0 Å². The Balaban J connectivity index is 2.48. The van der Waals surface area contributed by atoms with Gasteiger partial charge in [0.1, 0.15) is 12.4 Å². The summed E-state index contributed by atoms with van der Waals surface area (Å²) >= 11 is 0. The third-order valence-corrected chi connectivity index (χ3v) is 2.19. The number of ether oxygens (including phenoxy) is 1. The van der Waals surface area contributed by atoms with E-state index in [1.54, 1.807) is 0 Å². The number of nitrogens with zero attached hydrogens (tertiary/aromatic N) is 1. The lowest BCUT2D eigenvalue weighted by Gasteiger charge is -2.03. The van der Waals surface area contributed by atoms with E-state index in [1.165, 1.54) is 0 Å². The van der Waals surface area contributed by atoms with Gasteiger partial charge in [0.15, 0.2) is 6.29 Å². The molecular formula is C11H11NO2. The molecule has 3 heteroatoms. The van der Waals surface area contributed by atoms with Gasteiger partial charge in [-0.2, -0.15) is 0 Å². The molecule has 72 valence electrons. The number of carbonyl (C=O) groups excluding carboxylic acids is 1. The molecule has 0 spiro atoms. The molecule has 0 aliphatic heterocycles. The molecule has 0 N–H and O–H groups in total. The Labute approximate surface area is 81.9 Å². The highest BCUT2D eigenvalue weighted by Gasteiger charge is 2.03. The molecule has 2 rings (SSSR count). The molecule has 3 nitrogen and oxygen atoms in total. The molecule has 1 aromatic heterocycles. The molecule has 0 bridgehead atoms. The number of aryl methyl sites for hydroxylation is 1. The highest BCUT2D eigenvalue weighted by atomic mass is 16.5. The van der Waals surface area contributed by atoms with Gasteiger partial charge in [-0.1, -0.05) is 6.07 Å². The summed E-state index contributed by atoms with van der Waals surface area (Å²) in [5, 5.41) is 1.04. The lowest BCUT2D eigenvalue weighted by atomic mass is 10.2. The van der Waals surface area contributed by atoms with Crippen molar-refractivity contribution in [3.63, 3.8) is 0 Å². The zero-order chi connectivity index (χ0) is 9.97. The van der Waals surface area contributed by atoms with Gasteiger partial charge in [-0.15, -0.1) is 0 Å². The highest BCUT2D eigenvalue weighted by molar-refractivity contribution is 5.86. The molecule has 14 heavy (non-hydrogen) atoms. The fourth-order valence-corrected chi connectivity index (χ4v) is 1.52. The lowest BCUT2D eigenvalue weighted by molar-refractivity contribution is -0.109. The fourth-order valence-electron chi connectivity index (χ4n) is 1.52. The molecule has 0 amide bonds. The van der Waals surface area contributed by atoms with Crippen molar-refractivity contribution in [1.29, 1.82) is 0 Å². The molecule has 0 radical (unpaired) electrons.